The molecule has 0 aromatic heterocycles. The maximum Gasteiger partial charge on any atom is 0.0483 e. The number of rotatable bonds is 5. The average Bonchev–Trinajstić information content (AvgIpc) is 2.61. The Bertz CT molecular complexity index is 323. The Morgan fingerprint density at radius 1 is 1.19 bits per heavy atom. The largest absolute Gasteiger partial charge is 0.381 e. The van der Waals surface area contributed by atoms with Gasteiger partial charge in [0.25, 0.3) is 0 Å². The van der Waals surface area contributed by atoms with Gasteiger partial charge in [0.05, 0.1) is 0 Å². The molecule has 0 bridgehead atoms. The quantitative estimate of drug-likeness (QED) is 0.771. The lowest BCUT2D eigenvalue weighted by atomic mass is 9.93. The summed E-state index contributed by atoms with van der Waals surface area (Å²) in [6.07, 6.45) is 4.04. The molecule has 0 aliphatic heterocycles. The van der Waals surface area contributed by atoms with E-state index in [2.05, 4.69) is 31.2 Å². The highest BCUT2D eigenvalue weighted by molar-refractivity contribution is 5.35. The Labute approximate surface area is 97.8 Å². The molecule has 1 aromatic carbocycles. The molecule has 0 spiro atoms. The van der Waals surface area contributed by atoms with E-state index in [1.165, 1.54) is 11.1 Å². The van der Waals surface area contributed by atoms with Gasteiger partial charge in [0.1, 0.15) is 0 Å². The van der Waals surface area contributed by atoms with Gasteiger partial charge in [0.2, 0.25) is 0 Å². The summed E-state index contributed by atoms with van der Waals surface area (Å²) < 4.78 is 5.53. The van der Waals surface area contributed by atoms with E-state index >= 15 is 0 Å². The van der Waals surface area contributed by atoms with E-state index in [1.54, 1.807) is 0 Å². The zero-order chi connectivity index (χ0) is 11.4. The van der Waals surface area contributed by atoms with Gasteiger partial charge in [-0.3, -0.25) is 0 Å². The molecule has 2 heteroatoms. The molecular formula is C14H21NO. The van der Waals surface area contributed by atoms with Gasteiger partial charge >= 0.3 is 0 Å². The first-order valence-electron chi connectivity index (χ1n) is 6.17. The smallest absolute Gasteiger partial charge is 0.0483 e. The van der Waals surface area contributed by atoms with Gasteiger partial charge in [-0.2, -0.15) is 0 Å². The second-order valence-corrected chi connectivity index (χ2v) is 4.85. The Morgan fingerprint density at radius 2 is 1.81 bits per heavy atom. The van der Waals surface area contributed by atoms with Crippen LogP contribution in [0, 0.1) is 0 Å². The molecule has 2 nitrogen and oxygen atoms in total. The minimum Gasteiger partial charge on any atom is -0.381 e. The molecule has 2 rings (SSSR count). The second kappa shape index (κ2) is 4.98. The van der Waals surface area contributed by atoms with Gasteiger partial charge in [0, 0.05) is 18.8 Å². The Kier molecular flexibility index (Phi) is 3.62. The normalized spacial score (nSPS) is 17.4. The summed E-state index contributed by atoms with van der Waals surface area (Å²) in [6.45, 7) is 3.77. The van der Waals surface area contributed by atoms with Crippen molar-refractivity contribution in [1.82, 2.24) is 0 Å². The average molecular weight is 219 g/mol. The molecule has 0 saturated carbocycles. The molecule has 0 saturated heterocycles. The van der Waals surface area contributed by atoms with E-state index in [9.17, 15) is 0 Å². The first-order valence-corrected chi connectivity index (χ1v) is 6.17. The fourth-order valence-corrected chi connectivity index (χ4v) is 2.42. The molecule has 0 fully saturated rings. The van der Waals surface area contributed by atoms with Crippen molar-refractivity contribution >= 4 is 0 Å². The van der Waals surface area contributed by atoms with Crippen LogP contribution in [0.25, 0.3) is 0 Å². The van der Waals surface area contributed by atoms with Gasteiger partial charge < -0.3 is 10.5 Å². The van der Waals surface area contributed by atoms with Gasteiger partial charge in [-0.05, 0) is 36.8 Å². The van der Waals surface area contributed by atoms with Crippen molar-refractivity contribution in [1.29, 1.82) is 0 Å². The number of hydrogen-bond acceptors (Lipinski definition) is 2. The second-order valence-electron chi connectivity index (χ2n) is 4.85. The Hall–Kier alpha value is -0.860. The summed E-state index contributed by atoms with van der Waals surface area (Å²) >= 11 is 0. The van der Waals surface area contributed by atoms with Crippen LogP contribution in [-0.2, 0) is 17.6 Å². The van der Waals surface area contributed by atoms with Gasteiger partial charge in [-0.15, -0.1) is 0 Å². The van der Waals surface area contributed by atoms with Crippen LogP contribution in [0.4, 0.5) is 0 Å². The number of benzene rings is 1. The Morgan fingerprint density at radius 3 is 2.38 bits per heavy atom. The van der Waals surface area contributed by atoms with Crippen LogP contribution in [0.1, 0.15) is 30.9 Å². The molecule has 0 radical (unpaired) electrons. The maximum atomic E-state index is 6.41. The minimum absolute atomic E-state index is 0.0720. The number of ether oxygens (including phenoxy) is 1. The predicted molar refractivity (Wildman–Crippen MR) is 66.5 cm³/mol. The van der Waals surface area contributed by atoms with Crippen LogP contribution >= 0.6 is 0 Å². The predicted octanol–water partition coefficient (Wildman–Crippen LogP) is 2.30. The summed E-state index contributed by atoms with van der Waals surface area (Å²) in [4.78, 5) is 0. The zero-order valence-electron chi connectivity index (χ0n) is 10.0. The van der Waals surface area contributed by atoms with Crippen LogP contribution < -0.4 is 5.73 Å². The number of nitrogens with two attached hydrogens (primary N) is 1. The van der Waals surface area contributed by atoms with Crippen LogP contribution in [0.15, 0.2) is 24.3 Å². The summed E-state index contributed by atoms with van der Waals surface area (Å²) in [7, 11) is 0. The van der Waals surface area contributed by atoms with Crippen LogP contribution in [-0.4, -0.2) is 18.8 Å². The minimum atomic E-state index is -0.0720. The third kappa shape index (κ3) is 2.63. The maximum absolute atomic E-state index is 6.41. The van der Waals surface area contributed by atoms with E-state index < -0.39 is 0 Å². The molecule has 16 heavy (non-hydrogen) atoms. The zero-order valence-corrected chi connectivity index (χ0v) is 10.0. The van der Waals surface area contributed by atoms with Gasteiger partial charge in [0.15, 0.2) is 0 Å². The summed E-state index contributed by atoms with van der Waals surface area (Å²) in [5, 5.41) is 0. The molecule has 0 heterocycles. The lowest BCUT2D eigenvalue weighted by molar-refractivity contribution is 0.116. The van der Waals surface area contributed by atoms with Crippen LogP contribution in [0.2, 0.25) is 0 Å². The van der Waals surface area contributed by atoms with Crippen molar-refractivity contribution in [3.63, 3.8) is 0 Å². The van der Waals surface area contributed by atoms with E-state index in [0.717, 1.165) is 38.9 Å². The molecule has 88 valence electrons. The highest BCUT2D eigenvalue weighted by atomic mass is 16.5. The molecule has 1 aliphatic rings. The SMILES string of the molecule is CCCOCCC1(N)Cc2ccccc2C1. The first kappa shape index (κ1) is 11.6. The fraction of sp³-hybridized carbons (Fsp3) is 0.571. The first-order chi connectivity index (χ1) is 7.73. The number of fused-ring (bicyclic) bond motifs is 1. The topological polar surface area (TPSA) is 35.2 Å². The molecular weight excluding hydrogens is 198 g/mol. The van der Waals surface area contributed by atoms with Crippen molar-refractivity contribution in [3.05, 3.63) is 35.4 Å². The summed E-state index contributed by atoms with van der Waals surface area (Å²) in [5.74, 6) is 0. The monoisotopic (exact) mass is 219 g/mol. The van der Waals surface area contributed by atoms with E-state index in [-0.39, 0.29) is 5.54 Å². The highest BCUT2D eigenvalue weighted by Crippen LogP contribution is 2.30. The van der Waals surface area contributed by atoms with Crippen LogP contribution in [0.3, 0.4) is 0 Å². The van der Waals surface area contributed by atoms with Crippen molar-refractivity contribution < 1.29 is 4.74 Å². The molecule has 1 aromatic rings. The van der Waals surface area contributed by atoms with Crippen molar-refractivity contribution in [2.45, 2.75) is 38.1 Å². The van der Waals surface area contributed by atoms with Gasteiger partial charge in [-0.25, -0.2) is 0 Å². The molecule has 0 amide bonds. The summed E-state index contributed by atoms with van der Waals surface area (Å²) in [5.41, 5.74) is 9.17. The van der Waals surface area contributed by atoms with Crippen molar-refractivity contribution in [3.8, 4) is 0 Å². The lowest BCUT2D eigenvalue weighted by Crippen LogP contribution is -2.41. The van der Waals surface area contributed by atoms with E-state index in [1.807, 2.05) is 0 Å². The van der Waals surface area contributed by atoms with Crippen LogP contribution in [0.5, 0.6) is 0 Å². The molecule has 0 unspecified atom stereocenters. The number of hydrogen-bond donors (Lipinski definition) is 1. The van der Waals surface area contributed by atoms with E-state index in [4.69, 9.17) is 10.5 Å². The third-order valence-corrected chi connectivity index (χ3v) is 3.30. The third-order valence-electron chi connectivity index (χ3n) is 3.30. The molecule has 1 aliphatic carbocycles. The Balaban J connectivity index is 1.88. The van der Waals surface area contributed by atoms with Gasteiger partial charge in [-0.1, -0.05) is 31.2 Å². The summed E-state index contributed by atoms with van der Waals surface area (Å²) in [6, 6.07) is 8.57. The lowest BCUT2D eigenvalue weighted by Gasteiger charge is -2.23. The highest BCUT2D eigenvalue weighted by Gasteiger charge is 2.32. The molecule has 0 atom stereocenters. The van der Waals surface area contributed by atoms with Crippen molar-refractivity contribution in [2.24, 2.45) is 5.73 Å². The molecule has 2 N–H and O–H groups in total. The van der Waals surface area contributed by atoms with Crippen molar-refractivity contribution in [2.75, 3.05) is 13.2 Å². The van der Waals surface area contributed by atoms with E-state index in [0.29, 0.717) is 0 Å². The fourth-order valence-electron chi connectivity index (χ4n) is 2.42. The standard InChI is InChI=1S/C14H21NO/c1-2-8-16-9-7-14(15)10-12-5-3-4-6-13(12)11-14/h3-6H,2,7-11,15H2,1H3.